The van der Waals surface area contributed by atoms with Crippen LogP contribution in [0.3, 0.4) is 0 Å². The van der Waals surface area contributed by atoms with E-state index in [0.717, 1.165) is 12.0 Å². The molecule has 2 aromatic rings. The van der Waals surface area contributed by atoms with Crippen LogP contribution in [0.5, 0.6) is 5.75 Å². The van der Waals surface area contributed by atoms with Crippen LogP contribution in [0.15, 0.2) is 54.6 Å². The molecule has 0 amide bonds. The largest absolute Gasteiger partial charge is 0.491 e. The van der Waals surface area contributed by atoms with Gasteiger partial charge in [0.25, 0.3) is 0 Å². The molecule has 0 aromatic heterocycles. The molecular formula is C25H38ClNO3. The second-order valence-electron chi connectivity index (χ2n) is 7.89. The molecule has 0 spiro atoms. The lowest BCUT2D eigenvalue weighted by Crippen LogP contribution is -2.37. The third kappa shape index (κ3) is 11.6. The minimum atomic E-state index is -0.564. The topological polar surface area (TPSA) is 61.7 Å². The Morgan fingerprint density at radius 3 is 1.97 bits per heavy atom. The van der Waals surface area contributed by atoms with Gasteiger partial charge in [0.1, 0.15) is 18.5 Å². The van der Waals surface area contributed by atoms with Crippen LogP contribution in [-0.2, 0) is 13.0 Å². The van der Waals surface area contributed by atoms with Crippen molar-refractivity contribution in [2.75, 3.05) is 13.2 Å². The molecule has 1 saturated carbocycles. The van der Waals surface area contributed by atoms with E-state index in [9.17, 15) is 5.11 Å². The second-order valence-corrected chi connectivity index (χ2v) is 7.89. The summed E-state index contributed by atoms with van der Waals surface area (Å²) < 4.78 is 5.55. The van der Waals surface area contributed by atoms with Gasteiger partial charge in [0.2, 0.25) is 0 Å². The first-order valence-corrected chi connectivity index (χ1v) is 11.0. The zero-order chi connectivity index (χ0) is 20.7. The number of nitrogens with one attached hydrogen (secondary N) is 1. The molecule has 0 saturated heterocycles. The second kappa shape index (κ2) is 16.1. The van der Waals surface area contributed by atoms with E-state index in [-0.39, 0.29) is 31.7 Å². The molecule has 2 aromatic carbocycles. The van der Waals surface area contributed by atoms with Gasteiger partial charge < -0.3 is 20.3 Å². The Morgan fingerprint density at radius 1 is 0.867 bits per heavy atom. The Hall–Kier alpha value is -1.59. The molecule has 0 bridgehead atoms. The molecule has 1 fully saturated rings. The van der Waals surface area contributed by atoms with Gasteiger partial charge in [-0.3, -0.25) is 0 Å². The molecule has 3 N–H and O–H groups in total. The van der Waals surface area contributed by atoms with E-state index in [1.165, 1.54) is 44.1 Å². The van der Waals surface area contributed by atoms with Crippen molar-refractivity contribution in [2.45, 2.75) is 70.6 Å². The van der Waals surface area contributed by atoms with Crippen molar-refractivity contribution in [3.63, 3.8) is 0 Å². The summed E-state index contributed by atoms with van der Waals surface area (Å²) in [6, 6.07) is 17.8. The normalized spacial score (nSPS) is 15.2. The predicted molar refractivity (Wildman–Crippen MR) is 126 cm³/mol. The van der Waals surface area contributed by atoms with Crippen molar-refractivity contribution in [1.82, 2.24) is 5.32 Å². The fraction of sp³-hybridized carbons (Fsp3) is 0.520. The summed E-state index contributed by atoms with van der Waals surface area (Å²) in [6.07, 6.45) is 9.36. The molecule has 30 heavy (non-hydrogen) atoms. The maximum Gasteiger partial charge on any atom is 0.119 e. The maximum absolute atomic E-state index is 10.00. The lowest BCUT2D eigenvalue weighted by atomic mass is 10.0. The summed E-state index contributed by atoms with van der Waals surface area (Å²) in [4.78, 5) is 0. The van der Waals surface area contributed by atoms with Gasteiger partial charge in [-0.15, -0.1) is 12.4 Å². The molecule has 0 radical (unpaired) electrons. The Bertz CT molecular complexity index is 636. The van der Waals surface area contributed by atoms with E-state index in [4.69, 9.17) is 9.84 Å². The number of hydrogen-bond acceptors (Lipinski definition) is 4. The van der Waals surface area contributed by atoms with Gasteiger partial charge in [-0.2, -0.15) is 0 Å². The average molecular weight is 436 g/mol. The molecule has 4 nitrogen and oxygen atoms in total. The average Bonchev–Trinajstić information content (AvgIpc) is 2.79. The van der Waals surface area contributed by atoms with Crippen LogP contribution in [0.25, 0.3) is 0 Å². The van der Waals surface area contributed by atoms with Crippen molar-refractivity contribution in [2.24, 2.45) is 0 Å². The van der Waals surface area contributed by atoms with E-state index < -0.39 is 6.10 Å². The third-order valence-corrected chi connectivity index (χ3v) is 5.13. The number of aliphatic hydroxyl groups excluding tert-OH is 2. The maximum atomic E-state index is 10.00. The number of aliphatic hydroxyl groups is 2. The van der Waals surface area contributed by atoms with Crippen LogP contribution in [0.2, 0.25) is 0 Å². The number of benzene rings is 2. The molecule has 1 aliphatic rings. The SMILES string of the molecule is C1CCCCC1.CC(Cc1ccccc1)NCC(O)COc1ccc(CO)cc1.Cl. The molecule has 5 heteroatoms. The Morgan fingerprint density at radius 2 is 1.43 bits per heavy atom. The summed E-state index contributed by atoms with van der Waals surface area (Å²) in [5.41, 5.74) is 2.12. The smallest absolute Gasteiger partial charge is 0.119 e. The zero-order valence-corrected chi connectivity index (χ0v) is 18.9. The van der Waals surface area contributed by atoms with Crippen molar-refractivity contribution in [1.29, 1.82) is 0 Å². The summed E-state index contributed by atoms with van der Waals surface area (Å²) >= 11 is 0. The lowest BCUT2D eigenvalue weighted by Gasteiger charge is -2.18. The molecule has 1 aliphatic carbocycles. The highest BCUT2D eigenvalue weighted by Crippen LogP contribution is 2.15. The van der Waals surface area contributed by atoms with Crippen LogP contribution in [-0.4, -0.2) is 35.5 Å². The van der Waals surface area contributed by atoms with E-state index in [1.54, 1.807) is 12.1 Å². The zero-order valence-electron chi connectivity index (χ0n) is 18.1. The number of rotatable bonds is 9. The molecular weight excluding hydrogens is 398 g/mol. The van der Waals surface area contributed by atoms with Gasteiger partial charge >= 0.3 is 0 Å². The van der Waals surface area contributed by atoms with Gasteiger partial charge in [0, 0.05) is 12.6 Å². The molecule has 0 heterocycles. The fourth-order valence-electron chi connectivity index (χ4n) is 3.38. The number of ether oxygens (including phenoxy) is 1. The van der Waals surface area contributed by atoms with E-state index in [0.29, 0.717) is 12.3 Å². The number of hydrogen-bond donors (Lipinski definition) is 3. The lowest BCUT2D eigenvalue weighted by molar-refractivity contribution is 0.104. The molecule has 2 atom stereocenters. The van der Waals surface area contributed by atoms with Crippen molar-refractivity contribution in [3.05, 3.63) is 65.7 Å². The summed E-state index contributed by atoms with van der Waals surface area (Å²) in [5.74, 6) is 0.693. The van der Waals surface area contributed by atoms with Gasteiger partial charge in [0.15, 0.2) is 0 Å². The van der Waals surface area contributed by atoms with E-state index in [1.807, 2.05) is 30.3 Å². The van der Waals surface area contributed by atoms with Crippen LogP contribution in [0.4, 0.5) is 0 Å². The van der Waals surface area contributed by atoms with Crippen molar-refractivity contribution >= 4 is 12.4 Å². The minimum absolute atomic E-state index is 0. The van der Waals surface area contributed by atoms with Gasteiger partial charge in [-0.1, -0.05) is 81.0 Å². The predicted octanol–water partition coefficient (Wildman–Crippen LogP) is 4.90. The summed E-state index contributed by atoms with van der Waals surface area (Å²) in [6.45, 7) is 2.85. The Balaban J connectivity index is 0.000000552. The first-order chi connectivity index (χ1) is 14.2. The van der Waals surface area contributed by atoms with Crippen LogP contribution in [0, 0.1) is 0 Å². The highest BCUT2D eigenvalue weighted by atomic mass is 35.5. The highest BCUT2D eigenvalue weighted by Gasteiger charge is 2.09. The minimum Gasteiger partial charge on any atom is -0.491 e. The Labute approximate surface area is 188 Å². The van der Waals surface area contributed by atoms with Gasteiger partial charge in [-0.25, -0.2) is 0 Å². The van der Waals surface area contributed by atoms with Crippen molar-refractivity contribution in [3.8, 4) is 5.75 Å². The molecule has 2 unspecified atom stereocenters. The third-order valence-electron chi connectivity index (χ3n) is 5.13. The van der Waals surface area contributed by atoms with Gasteiger partial charge in [0.05, 0.1) is 6.61 Å². The van der Waals surface area contributed by atoms with E-state index in [2.05, 4.69) is 24.4 Å². The standard InChI is InChI=1S/C19H25NO3.C6H12.ClH/c1-15(11-16-5-3-2-4-6-16)20-12-18(22)14-23-19-9-7-17(13-21)8-10-19;1-2-4-6-5-3-1;/h2-10,15,18,20-22H,11-14H2,1H3;1-6H2;1H. The Kier molecular flexibility index (Phi) is 14.2. The van der Waals surface area contributed by atoms with E-state index >= 15 is 0 Å². The fourth-order valence-corrected chi connectivity index (χ4v) is 3.38. The molecule has 0 aliphatic heterocycles. The van der Waals surface area contributed by atoms with Crippen LogP contribution < -0.4 is 10.1 Å². The first-order valence-electron chi connectivity index (χ1n) is 11.0. The first kappa shape index (κ1) is 26.4. The quantitative estimate of drug-likeness (QED) is 0.524. The monoisotopic (exact) mass is 435 g/mol. The van der Waals surface area contributed by atoms with Crippen molar-refractivity contribution < 1.29 is 14.9 Å². The van der Waals surface area contributed by atoms with Gasteiger partial charge in [-0.05, 0) is 36.6 Å². The van der Waals surface area contributed by atoms with Crippen LogP contribution in [0.1, 0.15) is 56.6 Å². The highest BCUT2D eigenvalue weighted by molar-refractivity contribution is 5.85. The summed E-state index contributed by atoms with van der Waals surface area (Å²) in [7, 11) is 0. The summed E-state index contributed by atoms with van der Waals surface area (Å²) in [5, 5.41) is 22.3. The molecule has 3 rings (SSSR count). The van der Waals surface area contributed by atoms with Crippen LogP contribution >= 0.6 is 12.4 Å². The number of halogens is 1. The molecule has 168 valence electrons.